The molecule has 2 rings (SSSR count). The van der Waals surface area contributed by atoms with Crippen LogP contribution < -0.4 is 5.32 Å². The number of benzene rings is 1. The zero-order valence-corrected chi connectivity index (χ0v) is 10.5. The zero-order valence-electron chi connectivity index (χ0n) is 13.5. The zero-order chi connectivity index (χ0) is 15.5. The molecule has 1 aromatic carbocycles. The van der Waals surface area contributed by atoms with E-state index in [1.54, 1.807) is 24.3 Å². The topological polar surface area (TPSA) is 52.5 Å². The standard InChI is InChI=1S/C15H23NO2/c1-16-11-14(12-5-7-13(17)8-6-12)15(18)9-3-2-4-10-15/h5-8,14,16-18H,2-4,9-11H2,1H3/i1D3. The largest absolute Gasteiger partial charge is 0.508 e. The second kappa shape index (κ2) is 5.72. The van der Waals surface area contributed by atoms with Gasteiger partial charge >= 0.3 is 0 Å². The van der Waals surface area contributed by atoms with Crippen LogP contribution in [0.5, 0.6) is 5.75 Å². The van der Waals surface area contributed by atoms with E-state index in [4.69, 9.17) is 4.11 Å². The highest BCUT2D eigenvalue weighted by Crippen LogP contribution is 2.39. The van der Waals surface area contributed by atoms with Crippen molar-refractivity contribution < 1.29 is 14.3 Å². The maximum atomic E-state index is 11.0. The number of hydrogen-bond acceptors (Lipinski definition) is 3. The fraction of sp³-hybridized carbons (Fsp3) is 0.600. The van der Waals surface area contributed by atoms with Crippen molar-refractivity contribution in [2.24, 2.45) is 0 Å². The molecule has 0 aliphatic heterocycles. The molecule has 0 amide bonds. The minimum Gasteiger partial charge on any atom is -0.508 e. The lowest BCUT2D eigenvalue weighted by atomic mass is 9.73. The van der Waals surface area contributed by atoms with Gasteiger partial charge in [0.2, 0.25) is 0 Å². The first-order chi connectivity index (χ1) is 9.80. The van der Waals surface area contributed by atoms with E-state index in [0.29, 0.717) is 12.8 Å². The van der Waals surface area contributed by atoms with Crippen molar-refractivity contribution in [3.63, 3.8) is 0 Å². The van der Waals surface area contributed by atoms with Gasteiger partial charge in [-0.15, -0.1) is 0 Å². The number of likely N-dealkylation sites (N-methyl/N-ethyl adjacent to an activating group) is 1. The second-order valence-corrected chi connectivity index (χ2v) is 5.19. The van der Waals surface area contributed by atoms with Gasteiger partial charge in [0.1, 0.15) is 5.75 Å². The first-order valence-electron chi connectivity index (χ1n) is 8.06. The molecule has 18 heavy (non-hydrogen) atoms. The van der Waals surface area contributed by atoms with Gasteiger partial charge in [-0.05, 0) is 37.5 Å². The van der Waals surface area contributed by atoms with Crippen LogP contribution in [0.3, 0.4) is 0 Å². The summed E-state index contributed by atoms with van der Waals surface area (Å²) in [5.74, 6) is -0.129. The van der Waals surface area contributed by atoms with Crippen LogP contribution in [0.1, 0.15) is 47.7 Å². The Bertz CT molecular complexity index is 453. The van der Waals surface area contributed by atoms with E-state index >= 15 is 0 Å². The van der Waals surface area contributed by atoms with Crippen LogP contribution in [-0.4, -0.2) is 29.3 Å². The van der Waals surface area contributed by atoms with Gasteiger partial charge in [-0.2, -0.15) is 0 Å². The Kier molecular flexibility index (Phi) is 3.12. The summed E-state index contributed by atoms with van der Waals surface area (Å²) in [7, 11) is 0. The lowest BCUT2D eigenvalue weighted by Gasteiger charge is -2.39. The van der Waals surface area contributed by atoms with Crippen molar-refractivity contribution in [1.82, 2.24) is 5.32 Å². The van der Waals surface area contributed by atoms with Crippen LogP contribution in [0.25, 0.3) is 0 Å². The summed E-state index contributed by atoms with van der Waals surface area (Å²) < 4.78 is 21.9. The van der Waals surface area contributed by atoms with Crippen LogP contribution in [-0.2, 0) is 0 Å². The number of nitrogens with one attached hydrogen (secondary N) is 1. The van der Waals surface area contributed by atoms with Gasteiger partial charge in [0.15, 0.2) is 0 Å². The Morgan fingerprint density at radius 2 is 1.94 bits per heavy atom. The predicted molar refractivity (Wildman–Crippen MR) is 72.8 cm³/mol. The lowest BCUT2D eigenvalue weighted by Crippen LogP contribution is -2.42. The molecule has 0 radical (unpaired) electrons. The summed E-state index contributed by atoms with van der Waals surface area (Å²) in [5.41, 5.74) is -0.0260. The Balaban J connectivity index is 2.22. The van der Waals surface area contributed by atoms with E-state index in [0.717, 1.165) is 24.8 Å². The fourth-order valence-corrected chi connectivity index (χ4v) is 2.94. The molecule has 1 saturated carbocycles. The SMILES string of the molecule is [2H]C([2H])([2H])NCC(c1ccc(O)cc1)C1(O)CCCCC1. The van der Waals surface area contributed by atoms with Crippen molar-refractivity contribution in [1.29, 1.82) is 0 Å². The van der Waals surface area contributed by atoms with Crippen molar-refractivity contribution in [2.45, 2.75) is 43.6 Å². The highest BCUT2D eigenvalue weighted by Gasteiger charge is 2.38. The van der Waals surface area contributed by atoms with Crippen molar-refractivity contribution in [3.8, 4) is 5.75 Å². The van der Waals surface area contributed by atoms with Gasteiger partial charge in [-0.3, -0.25) is 0 Å². The number of aliphatic hydroxyl groups is 1. The Morgan fingerprint density at radius 1 is 1.28 bits per heavy atom. The molecule has 0 heterocycles. The smallest absolute Gasteiger partial charge is 0.115 e. The first-order valence-corrected chi connectivity index (χ1v) is 6.56. The quantitative estimate of drug-likeness (QED) is 0.771. The van der Waals surface area contributed by atoms with E-state index in [2.05, 4.69) is 5.32 Å². The van der Waals surface area contributed by atoms with Gasteiger partial charge in [0, 0.05) is 16.6 Å². The fourth-order valence-electron chi connectivity index (χ4n) is 2.94. The van der Waals surface area contributed by atoms with Crippen molar-refractivity contribution in [2.75, 3.05) is 13.5 Å². The monoisotopic (exact) mass is 252 g/mol. The molecule has 100 valence electrons. The average Bonchev–Trinajstić information content (AvgIpc) is 2.40. The maximum Gasteiger partial charge on any atom is 0.115 e. The minimum atomic E-state index is -2.22. The third kappa shape index (κ3) is 2.85. The molecule has 1 aliphatic carbocycles. The molecule has 0 bridgehead atoms. The number of phenols is 1. The van der Waals surface area contributed by atoms with Gasteiger partial charge in [-0.1, -0.05) is 31.4 Å². The molecule has 3 N–H and O–H groups in total. The summed E-state index contributed by atoms with van der Waals surface area (Å²) in [5, 5.41) is 22.9. The van der Waals surface area contributed by atoms with Crippen LogP contribution in [0, 0.1) is 0 Å². The lowest BCUT2D eigenvalue weighted by molar-refractivity contribution is -0.0211. The Labute approximate surface area is 113 Å². The predicted octanol–water partition coefficient (Wildman–Crippen LogP) is 2.39. The normalized spacial score (nSPS) is 23.7. The van der Waals surface area contributed by atoms with Gasteiger partial charge in [-0.25, -0.2) is 0 Å². The third-order valence-electron chi connectivity index (χ3n) is 3.97. The second-order valence-electron chi connectivity index (χ2n) is 5.19. The molecule has 1 unspecified atom stereocenters. The van der Waals surface area contributed by atoms with E-state index in [9.17, 15) is 10.2 Å². The van der Waals surface area contributed by atoms with Crippen LogP contribution in [0.4, 0.5) is 0 Å². The summed E-state index contributed by atoms with van der Waals surface area (Å²) in [6, 6.07) is 6.66. The third-order valence-corrected chi connectivity index (χ3v) is 3.97. The summed E-state index contributed by atoms with van der Waals surface area (Å²) in [4.78, 5) is 0. The summed E-state index contributed by atoms with van der Waals surface area (Å²) in [6.07, 6.45) is 4.39. The highest BCUT2D eigenvalue weighted by molar-refractivity contribution is 5.30. The van der Waals surface area contributed by atoms with E-state index in [1.807, 2.05) is 0 Å². The molecule has 1 fully saturated rings. The number of rotatable bonds is 4. The van der Waals surface area contributed by atoms with Gasteiger partial charge in [0.25, 0.3) is 0 Å². The Hall–Kier alpha value is -1.06. The van der Waals surface area contributed by atoms with E-state index in [-0.39, 0.29) is 18.2 Å². The highest BCUT2D eigenvalue weighted by atomic mass is 16.3. The summed E-state index contributed by atoms with van der Waals surface area (Å²) >= 11 is 0. The number of phenolic OH excluding ortho intramolecular Hbond substituents is 1. The van der Waals surface area contributed by atoms with Crippen LogP contribution in [0.15, 0.2) is 24.3 Å². The minimum absolute atomic E-state index is 0.164. The molecule has 1 aliphatic rings. The van der Waals surface area contributed by atoms with Gasteiger partial charge in [0.05, 0.1) is 5.60 Å². The molecular weight excluding hydrogens is 226 g/mol. The average molecular weight is 252 g/mol. The van der Waals surface area contributed by atoms with E-state index in [1.165, 1.54) is 0 Å². The molecule has 3 heteroatoms. The molecule has 0 saturated heterocycles. The molecular formula is C15H23NO2. The molecule has 1 atom stereocenters. The van der Waals surface area contributed by atoms with Crippen molar-refractivity contribution >= 4 is 0 Å². The summed E-state index contributed by atoms with van der Waals surface area (Å²) in [6.45, 7) is -2.03. The van der Waals surface area contributed by atoms with Crippen molar-refractivity contribution in [3.05, 3.63) is 29.8 Å². The maximum absolute atomic E-state index is 11.0. The van der Waals surface area contributed by atoms with Gasteiger partial charge < -0.3 is 15.5 Å². The molecule has 3 nitrogen and oxygen atoms in total. The molecule has 0 aromatic heterocycles. The van der Waals surface area contributed by atoms with Crippen LogP contribution >= 0.6 is 0 Å². The molecule has 1 aromatic rings. The van der Waals surface area contributed by atoms with Crippen LogP contribution in [0.2, 0.25) is 0 Å². The number of hydrogen-bond donors (Lipinski definition) is 3. The van der Waals surface area contributed by atoms with E-state index < -0.39 is 12.6 Å². The Morgan fingerprint density at radius 3 is 2.56 bits per heavy atom. The first kappa shape index (κ1) is 9.82. The molecule has 0 spiro atoms. The number of aromatic hydroxyl groups is 1.